The van der Waals surface area contributed by atoms with E-state index < -0.39 is 10.4 Å². The molecule has 6 nitrogen and oxygen atoms in total. The number of rotatable bonds is 3. The molecule has 0 spiro atoms. The quantitative estimate of drug-likeness (QED) is 0.855. The van der Waals surface area contributed by atoms with Crippen molar-refractivity contribution in [3.05, 3.63) is 30.0 Å². The van der Waals surface area contributed by atoms with Crippen LogP contribution in [0.2, 0.25) is 0 Å². The molecule has 0 saturated carbocycles. The Bertz CT molecular complexity index is 707. The van der Waals surface area contributed by atoms with E-state index in [1.807, 2.05) is 18.2 Å². The highest BCUT2D eigenvalue weighted by molar-refractivity contribution is 7.83. The standard InChI is InChI=1S/C12H15FN4O2S/c13-20(18,19)17-5-3-16(4-6-17)9-10-1-2-11-8-14-15-12(11)7-10/h1-2,7-8H,3-6,9H2,(H,14,15). The highest BCUT2D eigenvalue weighted by Gasteiger charge is 2.26. The molecule has 20 heavy (non-hydrogen) atoms. The van der Waals surface area contributed by atoms with Gasteiger partial charge < -0.3 is 0 Å². The second-order valence-electron chi connectivity index (χ2n) is 4.91. The summed E-state index contributed by atoms with van der Waals surface area (Å²) in [5.41, 5.74) is 2.10. The molecule has 0 amide bonds. The predicted octanol–water partition coefficient (Wildman–Crippen LogP) is 0.895. The highest BCUT2D eigenvalue weighted by Crippen LogP contribution is 2.16. The highest BCUT2D eigenvalue weighted by atomic mass is 32.3. The van der Waals surface area contributed by atoms with Crippen molar-refractivity contribution in [1.82, 2.24) is 19.4 Å². The Morgan fingerprint density at radius 3 is 2.70 bits per heavy atom. The average molecular weight is 298 g/mol. The first kappa shape index (κ1) is 13.5. The van der Waals surface area contributed by atoms with Crippen molar-refractivity contribution in [2.45, 2.75) is 6.54 Å². The van der Waals surface area contributed by atoms with Crippen LogP contribution in [0.1, 0.15) is 5.56 Å². The van der Waals surface area contributed by atoms with Gasteiger partial charge in [-0.05, 0) is 11.6 Å². The maximum Gasteiger partial charge on any atom is 0.374 e. The monoisotopic (exact) mass is 298 g/mol. The van der Waals surface area contributed by atoms with Gasteiger partial charge in [-0.2, -0.15) is 17.8 Å². The molecule has 3 rings (SSSR count). The number of aromatic nitrogens is 2. The first-order chi connectivity index (χ1) is 9.52. The van der Waals surface area contributed by atoms with Crippen molar-refractivity contribution < 1.29 is 12.3 Å². The van der Waals surface area contributed by atoms with Crippen LogP contribution >= 0.6 is 0 Å². The van der Waals surface area contributed by atoms with Gasteiger partial charge >= 0.3 is 10.4 Å². The summed E-state index contributed by atoms with van der Waals surface area (Å²) in [5.74, 6) is 0. The number of piperazine rings is 1. The van der Waals surface area contributed by atoms with Gasteiger partial charge in [-0.15, -0.1) is 0 Å². The smallest absolute Gasteiger partial charge is 0.296 e. The Morgan fingerprint density at radius 2 is 2.00 bits per heavy atom. The largest absolute Gasteiger partial charge is 0.374 e. The summed E-state index contributed by atoms with van der Waals surface area (Å²) >= 11 is 0. The van der Waals surface area contributed by atoms with Gasteiger partial charge in [0.15, 0.2) is 0 Å². The van der Waals surface area contributed by atoms with Crippen LogP contribution in [0, 0.1) is 0 Å². The molecule has 1 aromatic carbocycles. The van der Waals surface area contributed by atoms with E-state index in [4.69, 9.17) is 0 Å². The lowest BCUT2D eigenvalue weighted by Crippen LogP contribution is -2.47. The molecule has 2 aromatic rings. The van der Waals surface area contributed by atoms with Crippen molar-refractivity contribution in [1.29, 1.82) is 0 Å². The van der Waals surface area contributed by atoms with Crippen LogP contribution in [0.15, 0.2) is 24.4 Å². The molecule has 1 aliphatic rings. The topological polar surface area (TPSA) is 69.3 Å². The lowest BCUT2D eigenvalue weighted by molar-refractivity contribution is 0.178. The normalized spacial score (nSPS) is 18.6. The number of aromatic amines is 1. The van der Waals surface area contributed by atoms with E-state index in [-0.39, 0.29) is 13.1 Å². The molecule has 0 unspecified atom stereocenters. The maximum atomic E-state index is 12.8. The third-order valence-electron chi connectivity index (χ3n) is 3.55. The van der Waals surface area contributed by atoms with E-state index in [0.29, 0.717) is 13.1 Å². The van der Waals surface area contributed by atoms with Crippen LogP contribution in [-0.4, -0.2) is 54.0 Å². The summed E-state index contributed by atoms with van der Waals surface area (Å²) in [6, 6.07) is 6.05. The molecule has 1 aromatic heterocycles. The summed E-state index contributed by atoms with van der Waals surface area (Å²) in [5, 5.41) is 7.95. The number of halogens is 1. The average Bonchev–Trinajstić information content (AvgIpc) is 2.86. The van der Waals surface area contributed by atoms with Crippen LogP contribution in [0.3, 0.4) is 0 Å². The number of H-pyrrole nitrogens is 1. The van der Waals surface area contributed by atoms with Crippen molar-refractivity contribution >= 4 is 21.3 Å². The summed E-state index contributed by atoms with van der Waals surface area (Å²) < 4.78 is 35.3. The number of fused-ring (bicyclic) bond motifs is 1. The molecule has 0 aliphatic carbocycles. The van der Waals surface area contributed by atoms with Crippen molar-refractivity contribution in [3.63, 3.8) is 0 Å². The van der Waals surface area contributed by atoms with Gasteiger partial charge in [-0.3, -0.25) is 10.00 Å². The Hall–Kier alpha value is -1.51. The molecular formula is C12H15FN4O2S. The molecule has 1 saturated heterocycles. The van der Waals surface area contributed by atoms with Gasteiger partial charge in [-0.25, -0.2) is 0 Å². The molecule has 0 bridgehead atoms. The summed E-state index contributed by atoms with van der Waals surface area (Å²) in [6.45, 7) is 2.18. The van der Waals surface area contributed by atoms with Gasteiger partial charge in [0.1, 0.15) is 0 Å². The van der Waals surface area contributed by atoms with E-state index in [9.17, 15) is 12.3 Å². The zero-order chi connectivity index (χ0) is 14.2. The molecule has 2 heterocycles. The minimum absolute atomic E-state index is 0.200. The molecule has 1 aliphatic heterocycles. The molecule has 0 atom stereocenters. The van der Waals surface area contributed by atoms with E-state index in [0.717, 1.165) is 27.3 Å². The first-order valence-corrected chi connectivity index (χ1v) is 7.70. The molecule has 1 N–H and O–H groups in total. The molecular weight excluding hydrogens is 283 g/mol. The van der Waals surface area contributed by atoms with E-state index in [1.54, 1.807) is 6.20 Å². The van der Waals surface area contributed by atoms with Crippen molar-refractivity contribution in [2.24, 2.45) is 0 Å². The zero-order valence-electron chi connectivity index (χ0n) is 10.8. The summed E-state index contributed by atoms with van der Waals surface area (Å²) in [4.78, 5) is 2.11. The second-order valence-corrected chi connectivity index (χ2v) is 6.25. The van der Waals surface area contributed by atoms with Crippen LogP contribution in [0.5, 0.6) is 0 Å². The summed E-state index contributed by atoms with van der Waals surface area (Å²) in [7, 11) is -4.55. The van der Waals surface area contributed by atoms with Gasteiger partial charge in [0, 0.05) is 38.1 Å². The van der Waals surface area contributed by atoms with Crippen LogP contribution < -0.4 is 0 Å². The van der Waals surface area contributed by atoms with E-state index >= 15 is 0 Å². The van der Waals surface area contributed by atoms with E-state index in [2.05, 4.69) is 15.1 Å². The molecule has 8 heteroatoms. The minimum Gasteiger partial charge on any atom is -0.296 e. The summed E-state index contributed by atoms with van der Waals surface area (Å²) in [6.07, 6.45) is 1.77. The van der Waals surface area contributed by atoms with Gasteiger partial charge in [0.2, 0.25) is 0 Å². The van der Waals surface area contributed by atoms with Crippen LogP contribution in [0.4, 0.5) is 3.89 Å². The van der Waals surface area contributed by atoms with Crippen molar-refractivity contribution in [3.8, 4) is 0 Å². The van der Waals surface area contributed by atoms with Gasteiger partial charge in [-0.1, -0.05) is 16.0 Å². The number of hydrogen-bond donors (Lipinski definition) is 1. The Balaban J connectivity index is 1.64. The fraction of sp³-hybridized carbons (Fsp3) is 0.417. The molecule has 1 fully saturated rings. The lowest BCUT2D eigenvalue weighted by atomic mass is 10.1. The Labute approximate surface area is 116 Å². The maximum absolute atomic E-state index is 12.8. The third kappa shape index (κ3) is 2.82. The minimum atomic E-state index is -4.55. The van der Waals surface area contributed by atoms with Gasteiger partial charge in [0.05, 0.1) is 11.7 Å². The van der Waals surface area contributed by atoms with E-state index in [1.165, 1.54) is 0 Å². The van der Waals surface area contributed by atoms with Gasteiger partial charge in [0.25, 0.3) is 0 Å². The third-order valence-corrected chi connectivity index (χ3v) is 4.53. The number of hydrogen-bond acceptors (Lipinski definition) is 4. The van der Waals surface area contributed by atoms with Crippen molar-refractivity contribution in [2.75, 3.05) is 26.2 Å². The van der Waals surface area contributed by atoms with Crippen LogP contribution in [-0.2, 0) is 17.0 Å². The Kier molecular flexibility index (Phi) is 3.45. The number of nitrogens with zero attached hydrogens (tertiary/aromatic N) is 3. The zero-order valence-corrected chi connectivity index (χ0v) is 11.6. The van der Waals surface area contributed by atoms with Crippen LogP contribution in [0.25, 0.3) is 10.9 Å². The fourth-order valence-corrected chi connectivity index (χ4v) is 3.05. The second kappa shape index (κ2) is 5.12. The molecule has 108 valence electrons. The molecule has 0 radical (unpaired) electrons. The predicted molar refractivity (Wildman–Crippen MR) is 73.0 cm³/mol. The number of benzene rings is 1. The first-order valence-electron chi connectivity index (χ1n) is 6.36. The number of nitrogens with one attached hydrogen (secondary N) is 1. The fourth-order valence-electron chi connectivity index (χ4n) is 2.45. The lowest BCUT2D eigenvalue weighted by Gasteiger charge is -2.31. The Morgan fingerprint density at radius 1 is 1.25 bits per heavy atom. The SMILES string of the molecule is O=S(=O)(F)N1CCN(Cc2ccc3cn[nH]c3c2)CC1.